The van der Waals surface area contributed by atoms with Gasteiger partial charge in [-0.25, -0.2) is 4.98 Å². The van der Waals surface area contributed by atoms with E-state index in [2.05, 4.69) is 24.7 Å². The lowest BCUT2D eigenvalue weighted by atomic mass is 10.1. The molecule has 0 radical (unpaired) electrons. The summed E-state index contributed by atoms with van der Waals surface area (Å²) < 4.78 is 64.5. The Morgan fingerprint density at radius 3 is 2.52 bits per heavy atom. The Bertz CT molecular complexity index is 1080. The van der Waals surface area contributed by atoms with Crippen LogP contribution in [0.4, 0.5) is 13.2 Å². The van der Waals surface area contributed by atoms with E-state index in [9.17, 15) is 17.4 Å². The number of fused-ring (bicyclic) bond motifs is 1. The van der Waals surface area contributed by atoms with Crippen LogP contribution in [-0.2, 0) is 16.6 Å². The molecular weight excluding hydrogens is 413 g/mol. The van der Waals surface area contributed by atoms with Crippen molar-refractivity contribution in [1.29, 1.82) is 0 Å². The van der Waals surface area contributed by atoms with Crippen LogP contribution in [0.15, 0.2) is 17.4 Å². The fraction of sp³-hybridized carbons (Fsp3) is 0.353. The predicted molar refractivity (Wildman–Crippen MR) is 97.5 cm³/mol. The summed E-state index contributed by atoms with van der Waals surface area (Å²) >= 11 is 0. The average molecular weight is 430 g/mol. The van der Waals surface area contributed by atoms with Gasteiger partial charge >= 0.3 is 6.36 Å². The third-order valence-electron chi connectivity index (χ3n) is 4.04. The summed E-state index contributed by atoms with van der Waals surface area (Å²) in [7, 11) is 1.03. The van der Waals surface area contributed by atoms with Crippen molar-refractivity contribution in [3.8, 4) is 17.4 Å². The molecule has 12 heteroatoms. The van der Waals surface area contributed by atoms with Crippen LogP contribution in [0.25, 0.3) is 11.2 Å². The average Bonchev–Trinajstić information content (AvgIpc) is 3.05. The van der Waals surface area contributed by atoms with Crippen molar-refractivity contribution in [3.63, 3.8) is 0 Å². The SMILES string of the molecule is COc1nc2nc(S(=O)Cc3ncc(C)c(OC)c3C)[nH]c2cc1OC(F)(F)F. The lowest BCUT2D eigenvalue weighted by Gasteiger charge is -2.11. The van der Waals surface area contributed by atoms with Gasteiger partial charge in [-0.2, -0.15) is 4.98 Å². The first-order valence-corrected chi connectivity index (χ1v) is 9.52. The normalized spacial score (nSPS) is 12.8. The molecule has 0 bridgehead atoms. The summed E-state index contributed by atoms with van der Waals surface area (Å²) in [5, 5.41) is 0.0412. The minimum atomic E-state index is -4.91. The molecule has 1 atom stereocenters. The minimum Gasteiger partial charge on any atom is -0.496 e. The smallest absolute Gasteiger partial charge is 0.496 e. The van der Waals surface area contributed by atoms with Gasteiger partial charge in [0.15, 0.2) is 16.6 Å². The lowest BCUT2D eigenvalue weighted by molar-refractivity contribution is -0.275. The Morgan fingerprint density at radius 2 is 1.90 bits per heavy atom. The predicted octanol–water partition coefficient (Wildman–Crippen LogP) is 3.19. The first-order valence-electron chi connectivity index (χ1n) is 8.21. The Labute approximate surface area is 165 Å². The van der Waals surface area contributed by atoms with Crippen molar-refractivity contribution in [1.82, 2.24) is 19.9 Å². The highest BCUT2D eigenvalue weighted by Gasteiger charge is 2.33. The summed E-state index contributed by atoms with van der Waals surface area (Å²) in [6.45, 7) is 3.65. The fourth-order valence-electron chi connectivity index (χ4n) is 2.75. The third-order valence-corrected chi connectivity index (χ3v) is 5.20. The standard InChI is InChI=1S/C17H17F3N4O4S/c1-8-6-21-11(9(2)13(8)26-3)7-29(25)16-22-10-5-12(28-17(18,19)20)15(27-4)23-14(10)24-16/h5-6H,7H2,1-4H3,(H,22,23,24). The summed E-state index contributed by atoms with van der Waals surface area (Å²) in [5.74, 6) is -0.337. The van der Waals surface area contributed by atoms with Crippen LogP contribution in [0, 0.1) is 13.8 Å². The van der Waals surface area contributed by atoms with Gasteiger partial charge in [-0.3, -0.25) is 9.19 Å². The number of pyridine rings is 2. The van der Waals surface area contributed by atoms with Crippen molar-refractivity contribution in [2.75, 3.05) is 14.2 Å². The van der Waals surface area contributed by atoms with Crippen molar-refractivity contribution < 1.29 is 31.6 Å². The number of hydrogen-bond donors (Lipinski definition) is 1. The third kappa shape index (κ3) is 4.42. The molecule has 0 saturated carbocycles. The summed E-state index contributed by atoms with van der Waals surface area (Å²) in [4.78, 5) is 15.0. The first kappa shape index (κ1) is 20.8. The zero-order valence-electron chi connectivity index (χ0n) is 15.9. The molecule has 156 valence electrons. The van der Waals surface area contributed by atoms with Gasteiger partial charge in [0.25, 0.3) is 5.88 Å². The van der Waals surface area contributed by atoms with Crippen LogP contribution in [0.1, 0.15) is 16.8 Å². The Kier molecular flexibility index (Phi) is 5.64. The van der Waals surface area contributed by atoms with Crippen molar-refractivity contribution >= 4 is 22.0 Å². The van der Waals surface area contributed by atoms with Crippen LogP contribution in [0.5, 0.6) is 17.4 Å². The maximum absolute atomic E-state index is 12.8. The zero-order chi connectivity index (χ0) is 21.3. The van der Waals surface area contributed by atoms with Crippen LogP contribution in [0.2, 0.25) is 0 Å². The molecule has 3 heterocycles. The van der Waals surface area contributed by atoms with Gasteiger partial charge in [0.2, 0.25) is 0 Å². The van der Waals surface area contributed by atoms with E-state index >= 15 is 0 Å². The maximum atomic E-state index is 12.8. The van der Waals surface area contributed by atoms with Crippen LogP contribution in [0.3, 0.4) is 0 Å². The van der Waals surface area contributed by atoms with Gasteiger partial charge in [0.05, 0.1) is 42.0 Å². The molecule has 1 unspecified atom stereocenters. The molecule has 3 rings (SSSR count). The topological polar surface area (TPSA) is 99.2 Å². The molecule has 1 N–H and O–H groups in total. The second kappa shape index (κ2) is 7.85. The highest BCUT2D eigenvalue weighted by Crippen LogP contribution is 2.33. The number of methoxy groups -OCH3 is 2. The van der Waals surface area contributed by atoms with E-state index in [-0.39, 0.29) is 28.0 Å². The summed E-state index contributed by atoms with van der Waals surface area (Å²) in [6.07, 6.45) is -3.30. The maximum Gasteiger partial charge on any atom is 0.573 e. The highest BCUT2D eigenvalue weighted by atomic mass is 32.2. The van der Waals surface area contributed by atoms with Gasteiger partial charge in [0, 0.05) is 23.4 Å². The monoisotopic (exact) mass is 430 g/mol. The van der Waals surface area contributed by atoms with E-state index in [0.717, 1.165) is 24.3 Å². The highest BCUT2D eigenvalue weighted by molar-refractivity contribution is 7.84. The molecule has 0 aliphatic carbocycles. The molecule has 0 aliphatic heterocycles. The second-order valence-corrected chi connectivity index (χ2v) is 7.36. The van der Waals surface area contributed by atoms with Crippen LogP contribution >= 0.6 is 0 Å². The van der Waals surface area contributed by atoms with Crippen molar-refractivity contribution in [3.05, 3.63) is 29.1 Å². The lowest BCUT2D eigenvalue weighted by Crippen LogP contribution is -2.17. The summed E-state index contributed by atoms with van der Waals surface area (Å²) in [6, 6.07) is 1.04. The Hall–Kier alpha value is -2.89. The van der Waals surface area contributed by atoms with E-state index in [4.69, 9.17) is 9.47 Å². The zero-order valence-corrected chi connectivity index (χ0v) is 16.7. The number of ether oxygens (including phenoxy) is 3. The molecule has 0 aliphatic rings. The largest absolute Gasteiger partial charge is 0.573 e. The van der Waals surface area contributed by atoms with Crippen molar-refractivity contribution in [2.24, 2.45) is 0 Å². The number of nitrogens with one attached hydrogen (secondary N) is 1. The molecule has 0 spiro atoms. The number of rotatable bonds is 6. The van der Waals surface area contributed by atoms with Gasteiger partial charge in [-0.15, -0.1) is 13.2 Å². The van der Waals surface area contributed by atoms with Gasteiger partial charge in [0.1, 0.15) is 5.75 Å². The second-order valence-electron chi connectivity index (χ2n) is 5.99. The molecule has 0 saturated heterocycles. The van der Waals surface area contributed by atoms with Gasteiger partial charge in [-0.05, 0) is 13.8 Å². The molecule has 3 aromatic rings. The Balaban J connectivity index is 1.93. The molecule has 29 heavy (non-hydrogen) atoms. The molecule has 3 aromatic heterocycles. The number of aromatic amines is 1. The number of H-pyrrole nitrogens is 1. The van der Waals surface area contributed by atoms with E-state index in [0.29, 0.717) is 11.4 Å². The number of aryl methyl sites for hydroxylation is 1. The molecule has 0 amide bonds. The number of aromatic nitrogens is 4. The molecule has 0 aromatic carbocycles. The van der Waals surface area contributed by atoms with E-state index in [1.54, 1.807) is 13.1 Å². The molecular formula is C17H17F3N4O4S. The van der Waals surface area contributed by atoms with Crippen LogP contribution < -0.4 is 14.2 Å². The fourth-order valence-corrected chi connectivity index (χ4v) is 3.83. The van der Waals surface area contributed by atoms with Crippen molar-refractivity contribution in [2.45, 2.75) is 31.1 Å². The summed E-state index contributed by atoms with van der Waals surface area (Å²) in [5.41, 5.74) is 2.32. The molecule has 0 fully saturated rings. The van der Waals surface area contributed by atoms with Crippen LogP contribution in [-0.4, -0.2) is 44.7 Å². The number of hydrogen-bond acceptors (Lipinski definition) is 7. The number of imidazole rings is 1. The van der Waals surface area contributed by atoms with E-state index in [1.807, 2.05) is 6.92 Å². The number of halogens is 3. The quantitative estimate of drug-likeness (QED) is 0.641. The minimum absolute atomic E-state index is 0.0331. The molecule has 8 nitrogen and oxygen atoms in total. The van der Waals surface area contributed by atoms with Gasteiger partial charge < -0.3 is 19.2 Å². The number of nitrogens with zero attached hydrogens (tertiary/aromatic N) is 3. The number of alkyl halides is 3. The first-order chi connectivity index (χ1) is 13.6. The Morgan fingerprint density at radius 1 is 1.17 bits per heavy atom. The van der Waals surface area contributed by atoms with E-state index < -0.39 is 22.9 Å². The van der Waals surface area contributed by atoms with Gasteiger partial charge in [-0.1, -0.05) is 0 Å². The van der Waals surface area contributed by atoms with E-state index in [1.165, 1.54) is 7.11 Å².